The SMILES string of the molecule is CCOC(=O)C1=C(N)Oc2c(c(C)nn2-c2ccccc2)C1c1c(Cl)cccc1Cl. The first-order valence-corrected chi connectivity index (χ1v) is 10.1. The Labute approximate surface area is 183 Å². The van der Waals surface area contributed by atoms with E-state index in [2.05, 4.69) is 5.10 Å². The summed E-state index contributed by atoms with van der Waals surface area (Å²) in [7, 11) is 0. The van der Waals surface area contributed by atoms with Gasteiger partial charge in [-0.3, -0.25) is 0 Å². The predicted molar refractivity (Wildman–Crippen MR) is 115 cm³/mol. The van der Waals surface area contributed by atoms with Crippen molar-refractivity contribution in [2.45, 2.75) is 19.8 Å². The fourth-order valence-corrected chi connectivity index (χ4v) is 4.26. The third-order valence-corrected chi connectivity index (χ3v) is 5.56. The molecule has 1 aliphatic heterocycles. The van der Waals surface area contributed by atoms with Crippen LogP contribution in [0.15, 0.2) is 60.0 Å². The van der Waals surface area contributed by atoms with Crippen LogP contribution in [0.2, 0.25) is 10.0 Å². The molecule has 4 rings (SSSR count). The van der Waals surface area contributed by atoms with Crippen molar-refractivity contribution in [2.75, 3.05) is 6.61 Å². The van der Waals surface area contributed by atoms with Crippen molar-refractivity contribution in [2.24, 2.45) is 5.73 Å². The number of ether oxygens (including phenoxy) is 2. The number of para-hydroxylation sites is 1. The molecule has 3 aromatic rings. The van der Waals surface area contributed by atoms with E-state index in [1.54, 1.807) is 29.8 Å². The summed E-state index contributed by atoms with van der Waals surface area (Å²) in [5, 5.41) is 5.45. The van der Waals surface area contributed by atoms with Gasteiger partial charge in [-0.2, -0.15) is 5.10 Å². The molecule has 0 radical (unpaired) electrons. The van der Waals surface area contributed by atoms with Gasteiger partial charge in [0.05, 0.1) is 29.5 Å². The monoisotopic (exact) mass is 443 g/mol. The Morgan fingerprint density at radius 1 is 1.13 bits per heavy atom. The molecule has 0 bridgehead atoms. The fraction of sp³-hybridized carbons (Fsp3) is 0.182. The summed E-state index contributed by atoms with van der Waals surface area (Å²) < 4.78 is 12.8. The average molecular weight is 444 g/mol. The number of halogens is 2. The molecule has 30 heavy (non-hydrogen) atoms. The van der Waals surface area contributed by atoms with E-state index in [4.69, 9.17) is 38.4 Å². The number of hydrogen-bond acceptors (Lipinski definition) is 5. The summed E-state index contributed by atoms with van der Waals surface area (Å²) in [6.07, 6.45) is 0. The van der Waals surface area contributed by atoms with Gasteiger partial charge in [0, 0.05) is 15.6 Å². The van der Waals surface area contributed by atoms with Crippen LogP contribution in [-0.4, -0.2) is 22.4 Å². The van der Waals surface area contributed by atoms with Crippen LogP contribution >= 0.6 is 23.2 Å². The smallest absolute Gasteiger partial charge is 0.340 e. The van der Waals surface area contributed by atoms with Gasteiger partial charge in [0.15, 0.2) is 0 Å². The molecule has 1 aliphatic rings. The maximum atomic E-state index is 12.9. The van der Waals surface area contributed by atoms with E-state index < -0.39 is 11.9 Å². The molecular formula is C22H19Cl2N3O3. The van der Waals surface area contributed by atoms with Crippen molar-refractivity contribution < 1.29 is 14.3 Å². The number of carbonyl (C=O) groups is 1. The molecule has 1 aromatic heterocycles. The zero-order valence-electron chi connectivity index (χ0n) is 16.4. The van der Waals surface area contributed by atoms with Crippen LogP contribution in [-0.2, 0) is 9.53 Å². The van der Waals surface area contributed by atoms with E-state index in [0.717, 1.165) is 5.69 Å². The number of hydrogen-bond donors (Lipinski definition) is 1. The lowest BCUT2D eigenvalue weighted by atomic mass is 9.83. The highest BCUT2D eigenvalue weighted by atomic mass is 35.5. The van der Waals surface area contributed by atoms with Gasteiger partial charge >= 0.3 is 5.97 Å². The highest BCUT2D eigenvalue weighted by Gasteiger charge is 2.41. The molecule has 2 N–H and O–H groups in total. The molecule has 0 aliphatic carbocycles. The minimum atomic E-state index is -0.688. The first kappa shape index (κ1) is 20.3. The van der Waals surface area contributed by atoms with Gasteiger partial charge in [0.1, 0.15) is 5.57 Å². The summed E-state index contributed by atoms with van der Waals surface area (Å²) in [5.74, 6) is -0.941. The highest BCUT2D eigenvalue weighted by molar-refractivity contribution is 6.36. The van der Waals surface area contributed by atoms with Gasteiger partial charge in [0.2, 0.25) is 11.8 Å². The molecule has 2 aromatic carbocycles. The van der Waals surface area contributed by atoms with Crippen LogP contribution in [0.4, 0.5) is 0 Å². The number of rotatable bonds is 4. The standard InChI is InChI=1S/C22H19Cl2N3O3/c1-3-29-22(28)19-18(17-14(23)10-7-11-15(17)24)16-12(2)26-27(21(16)30-20(19)25)13-8-5-4-6-9-13/h4-11,18H,3,25H2,1-2H3. The molecule has 0 saturated heterocycles. The second kappa shape index (κ2) is 8.05. The molecule has 8 heteroatoms. The van der Waals surface area contributed by atoms with E-state index in [1.807, 2.05) is 37.3 Å². The van der Waals surface area contributed by atoms with Gasteiger partial charge in [-0.1, -0.05) is 47.5 Å². The van der Waals surface area contributed by atoms with Crippen molar-refractivity contribution in [3.8, 4) is 11.6 Å². The maximum absolute atomic E-state index is 12.9. The van der Waals surface area contributed by atoms with Crippen LogP contribution in [0.3, 0.4) is 0 Å². The van der Waals surface area contributed by atoms with Crippen molar-refractivity contribution >= 4 is 29.2 Å². The lowest BCUT2D eigenvalue weighted by Crippen LogP contribution is -2.28. The third kappa shape index (κ3) is 3.32. The van der Waals surface area contributed by atoms with Crippen molar-refractivity contribution in [1.29, 1.82) is 0 Å². The number of nitrogens with two attached hydrogens (primary N) is 1. The van der Waals surface area contributed by atoms with E-state index >= 15 is 0 Å². The second-order valence-electron chi connectivity index (χ2n) is 6.72. The normalized spacial score (nSPS) is 15.5. The topological polar surface area (TPSA) is 79.4 Å². The van der Waals surface area contributed by atoms with Crippen molar-refractivity contribution in [3.63, 3.8) is 0 Å². The van der Waals surface area contributed by atoms with Gasteiger partial charge < -0.3 is 15.2 Å². The molecule has 154 valence electrons. The fourth-order valence-electron chi connectivity index (χ4n) is 3.64. The lowest BCUT2D eigenvalue weighted by Gasteiger charge is -2.28. The van der Waals surface area contributed by atoms with Crippen LogP contribution in [0, 0.1) is 6.92 Å². The number of esters is 1. The quantitative estimate of drug-likeness (QED) is 0.588. The van der Waals surface area contributed by atoms with Gasteiger partial charge in [-0.05, 0) is 38.1 Å². The minimum absolute atomic E-state index is 0.0704. The first-order valence-electron chi connectivity index (χ1n) is 9.37. The first-order chi connectivity index (χ1) is 14.4. The molecule has 0 amide bonds. The number of nitrogens with zero attached hydrogens (tertiary/aromatic N) is 2. The van der Waals surface area contributed by atoms with Gasteiger partial charge in [0.25, 0.3) is 0 Å². The molecular weight excluding hydrogens is 425 g/mol. The van der Waals surface area contributed by atoms with Gasteiger partial charge in [-0.25, -0.2) is 9.48 Å². The van der Waals surface area contributed by atoms with Crippen molar-refractivity contribution in [3.05, 3.63) is 86.9 Å². The van der Waals surface area contributed by atoms with Crippen LogP contribution in [0.1, 0.15) is 29.7 Å². The van der Waals surface area contributed by atoms with Crippen molar-refractivity contribution in [1.82, 2.24) is 9.78 Å². The summed E-state index contributed by atoms with van der Waals surface area (Å²) in [6, 6.07) is 14.7. The Kier molecular flexibility index (Phi) is 5.45. The van der Waals surface area contributed by atoms with Gasteiger partial charge in [-0.15, -0.1) is 0 Å². The number of aromatic nitrogens is 2. The molecule has 0 fully saturated rings. The molecule has 1 atom stereocenters. The van der Waals surface area contributed by atoms with E-state index in [1.165, 1.54) is 0 Å². The lowest BCUT2D eigenvalue weighted by molar-refractivity contribution is -0.139. The minimum Gasteiger partial charge on any atom is -0.462 e. The predicted octanol–water partition coefficient (Wildman–Crippen LogP) is 4.75. The Balaban J connectivity index is 2.01. The average Bonchev–Trinajstić information content (AvgIpc) is 3.04. The van der Waals surface area contributed by atoms with E-state index in [-0.39, 0.29) is 18.1 Å². The number of fused-ring (bicyclic) bond motifs is 1. The van der Waals surface area contributed by atoms with E-state index in [0.29, 0.717) is 32.7 Å². The maximum Gasteiger partial charge on any atom is 0.340 e. The molecule has 0 spiro atoms. The summed E-state index contributed by atoms with van der Waals surface area (Å²) >= 11 is 13.1. The summed E-state index contributed by atoms with van der Waals surface area (Å²) in [5.41, 5.74) is 9.04. The zero-order valence-corrected chi connectivity index (χ0v) is 17.9. The number of carbonyl (C=O) groups excluding carboxylic acids is 1. The number of benzene rings is 2. The highest BCUT2D eigenvalue weighted by Crippen LogP contribution is 2.48. The molecule has 6 nitrogen and oxygen atoms in total. The Hall–Kier alpha value is -2.96. The summed E-state index contributed by atoms with van der Waals surface area (Å²) in [6.45, 7) is 3.75. The second-order valence-corrected chi connectivity index (χ2v) is 7.53. The Morgan fingerprint density at radius 2 is 1.80 bits per heavy atom. The Bertz CT molecular complexity index is 1140. The Morgan fingerprint density at radius 3 is 2.43 bits per heavy atom. The third-order valence-electron chi connectivity index (χ3n) is 4.90. The van der Waals surface area contributed by atoms with Crippen LogP contribution in [0.5, 0.6) is 5.88 Å². The largest absolute Gasteiger partial charge is 0.462 e. The molecule has 2 heterocycles. The van der Waals surface area contributed by atoms with E-state index in [9.17, 15) is 4.79 Å². The number of aryl methyl sites for hydroxylation is 1. The molecule has 0 saturated carbocycles. The zero-order chi connectivity index (χ0) is 21.4. The summed E-state index contributed by atoms with van der Waals surface area (Å²) in [4.78, 5) is 12.9. The van der Waals surface area contributed by atoms with Crippen LogP contribution < -0.4 is 10.5 Å². The van der Waals surface area contributed by atoms with Crippen LogP contribution in [0.25, 0.3) is 5.69 Å². The molecule has 1 unspecified atom stereocenters.